The van der Waals surface area contributed by atoms with Gasteiger partial charge in [0, 0.05) is 6.20 Å². The number of anilines is 1. The Balaban J connectivity index is 1.84. The van der Waals surface area contributed by atoms with Gasteiger partial charge in [-0.05, 0) is 5.56 Å². The molecule has 1 aromatic carbocycles. The molecule has 0 radical (unpaired) electrons. The molecule has 8 nitrogen and oxygen atoms in total. The van der Waals surface area contributed by atoms with Gasteiger partial charge in [-0.2, -0.15) is 13.2 Å². The number of nitrogens with one attached hydrogen (secondary N) is 2. The minimum Gasteiger partial charge on any atom is -0.382 e. The number of fused-ring (bicyclic) bond motifs is 1. The molecule has 4 aromatic rings. The van der Waals surface area contributed by atoms with Gasteiger partial charge in [0.05, 0.1) is 6.54 Å². The maximum absolute atomic E-state index is 12.8. The molecule has 3 aromatic heterocycles. The Labute approximate surface area is 148 Å². The van der Waals surface area contributed by atoms with Gasteiger partial charge in [-0.3, -0.25) is 4.57 Å². The van der Waals surface area contributed by atoms with Gasteiger partial charge in [0.25, 0.3) is 0 Å². The molecule has 138 valence electrons. The molecule has 0 aliphatic heterocycles. The van der Waals surface area contributed by atoms with Crippen molar-refractivity contribution in [3.05, 3.63) is 58.3 Å². The monoisotopic (exact) mass is 375 g/mol. The van der Waals surface area contributed by atoms with E-state index < -0.39 is 17.6 Å². The van der Waals surface area contributed by atoms with Crippen molar-refractivity contribution in [3.8, 4) is 11.6 Å². The molecule has 0 saturated heterocycles. The molecular formula is C16H12F3N7O. The van der Waals surface area contributed by atoms with Crippen LogP contribution in [0.1, 0.15) is 11.3 Å². The summed E-state index contributed by atoms with van der Waals surface area (Å²) in [5, 5.41) is 0. The highest BCUT2D eigenvalue weighted by atomic mass is 19.4. The highest BCUT2D eigenvalue weighted by Crippen LogP contribution is 2.29. The predicted molar refractivity (Wildman–Crippen MR) is 90.7 cm³/mol. The molecule has 11 heteroatoms. The number of hydrogen-bond acceptors (Lipinski definition) is 5. The fourth-order valence-corrected chi connectivity index (χ4v) is 2.65. The van der Waals surface area contributed by atoms with E-state index in [0.717, 1.165) is 5.56 Å². The van der Waals surface area contributed by atoms with E-state index in [1.165, 1.54) is 4.57 Å². The predicted octanol–water partition coefficient (Wildman–Crippen LogP) is 2.16. The first-order chi connectivity index (χ1) is 12.8. The van der Waals surface area contributed by atoms with Crippen molar-refractivity contribution in [3.63, 3.8) is 0 Å². The van der Waals surface area contributed by atoms with Crippen LogP contribution < -0.4 is 11.4 Å². The largest absolute Gasteiger partial charge is 0.434 e. The van der Waals surface area contributed by atoms with Crippen LogP contribution in [0.25, 0.3) is 22.8 Å². The van der Waals surface area contributed by atoms with Gasteiger partial charge in [-0.25, -0.2) is 19.7 Å². The molecule has 0 atom stereocenters. The topological polar surface area (TPSA) is 118 Å². The standard InChI is InChI=1S/C16H12F3N7O/c17-16(18,19)9-6-21-12(22-9)13-24-11(20)10-14(25-13)26(15(27)23-10)7-8-4-2-1-3-5-8/h1-6H,7H2,(H,21,22)(H,23,27)(H2,20,24,25). The number of nitrogens with two attached hydrogens (primary N) is 1. The molecule has 0 amide bonds. The van der Waals surface area contributed by atoms with E-state index in [0.29, 0.717) is 6.20 Å². The number of nitrogen functional groups attached to an aromatic ring is 1. The summed E-state index contributed by atoms with van der Waals surface area (Å²) in [5.74, 6) is -0.406. The van der Waals surface area contributed by atoms with Gasteiger partial charge in [0.2, 0.25) is 0 Å². The van der Waals surface area contributed by atoms with E-state index in [2.05, 4.69) is 24.9 Å². The van der Waals surface area contributed by atoms with Gasteiger partial charge in [0.15, 0.2) is 28.8 Å². The molecule has 0 aliphatic carbocycles. The minimum atomic E-state index is -4.60. The molecule has 0 fully saturated rings. The highest BCUT2D eigenvalue weighted by Gasteiger charge is 2.34. The quantitative estimate of drug-likeness (QED) is 0.507. The van der Waals surface area contributed by atoms with Crippen LogP contribution in [0.15, 0.2) is 41.3 Å². The van der Waals surface area contributed by atoms with Gasteiger partial charge in [-0.1, -0.05) is 30.3 Å². The number of hydrogen-bond donors (Lipinski definition) is 3. The maximum atomic E-state index is 12.8. The summed E-state index contributed by atoms with van der Waals surface area (Å²) in [7, 11) is 0. The molecule has 27 heavy (non-hydrogen) atoms. The second-order valence-electron chi connectivity index (χ2n) is 5.77. The SMILES string of the molecule is Nc1nc(-c2nc(C(F)(F)F)c[nH]2)nc2c1[nH]c(=O)n2Cc1ccccc1. The van der Waals surface area contributed by atoms with Crippen LogP contribution in [-0.2, 0) is 12.7 Å². The van der Waals surface area contributed by atoms with Crippen molar-refractivity contribution < 1.29 is 13.2 Å². The van der Waals surface area contributed by atoms with Crippen molar-refractivity contribution in [1.29, 1.82) is 0 Å². The number of nitrogens with zero attached hydrogens (tertiary/aromatic N) is 4. The van der Waals surface area contributed by atoms with Crippen LogP contribution in [-0.4, -0.2) is 29.5 Å². The van der Waals surface area contributed by atoms with Crippen LogP contribution in [0.2, 0.25) is 0 Å². The second kappa shape index (κ2) is 5.97. The number of imidazole rings is 2. The Morgan fingerprint density at radius 1 is 1.11 bits per heavy atom. The van der Waals surface area contributed by atoms with Crippen LogP contribution in [0.3, 0.4) is 0 Å². The molecule has 4 rings (SSSR count). The zero-order chi connectivity index (χ0) is 19.2. The zero-order valence-corrected chi connectivity index (χ0v) is 13.6. The van der Waals surface area contributed by atoms with E-state index in [1.807, 2.05) is 30.3 Å². The summed E-state index contributed by atoms with van der Waals surface area (Å²) < 4.78 is 39.6. The van der Waals surface area contributed by atoms with Crippen LogP contribution >= 0.6 is 0 Å². The summed E-state index contributed by atoms with van der Waals surface area (Å²) in [4.78, 5) is 28.9. The average Bonchev–Trinajstić information content (AvgIpc) is 3.23. The Kier molecular flexibility index (Phi) is 3.72. The minimum absolute atomic E-state index is 0.0659. The fraction of sp³-hybridized carbons (Fsp3) is 0.125. The van der Waals surface area contributed by atoms with Crippen LogP contribution in [0, 0.1) is 0 Å². The fourth-order valence-electron chi connectivity index (χ4n) is 2.65. The van der Waals surface area contributed by atoms with E-state index in [9.17, 15) is 18.0 Å². The summed E-state index contributed by atoms with van der Waals surface area (Å²) in [6.07, 6.45) is -3.89. The number of benzene rings is 1. The lowest BCUT2D eigenvalue weighted by Crippen LogP contribution is -2.17. The number of halogens is 3. The van der Waals surface area contributed by atoms with E-state index in [4.69, 9.17) is 5.73 Å². The lowest BCUT2D eigenvalue weighted by atomic mass is 10.2. The van der Waals surface area contributed by atoms with Crippen LogP contribution in [0.5, 0.6) is 0 Å². The number of aromatic amines is 2. The Morgan fingerprint density at radius 3 is 2.52 bits per heavy atom. The number of rotatable bonds is 3. The second-order valence-corrected chi connectivity index (χ2v) is 5.77. The van der Waals surface area contributed by atoms with E-state index >= 15 is 0 Å². The summed E-state index contributed by atoms with van der Waals surface area (Å²) in [6, 6.07) is 9.16. The summed E-state index contributed by atoms with van der Waals surface area (Å²) in [5.41, 5.74) is 5.54. The smallest absolute Gasteiger partial charge is 0.382 e. The molecular weight excluding hydrogens is 363 g/mol. The van der Waals surface area contributed by atoms with Crippen molar-refractivity contribution in [2.24, 2.45) is 0 Å². The van der Waals surface area contributed by atoms with E-state index in [1.54, 1.807) is 0 Å². The zero-order valence-electron chi connectivity index (χ0n) is 13.6. The molecule has 0 unspecified atom stereocenters. The Morgan fingerprint density at radius 2 is 1.85 bits per heavy atom. The van der Waals surface area contributed by atoms with Gasteiger partial charge >= 0.3 is 11.9 Å². The lowest BCUT2D eigenvalue weighted by Gasteiger charge is -2.05. The molecule has 0 spiro atoms. The Bertz CT molecular complexity index is 1170. The lowest BCUT2D eigenvalue weighted by molar-refractivity contribution is -0.140. The number of aromatic nitrogens is 6. The van der Waals surface area contributed by atoms with Crippen molar-refractivity contribution in [1.82, 2.24) is 29.5 Å². The third kappa shape index (κ3) is 3.03. The van der Waals surface area contributed by atoms with Crippen molar-refractivity contribution >= 4 is 17.0 Å². The van der Waals surface area contributed by atoms with Crippen LogP contribution in [0.4, 0.5) is 19.0 Å². The first kappa shape index (κ1) is 16.8. The summed E-state index contributed by atoms with van der Waals surface area (Å²) >= 11 is 0. The first-order valence-electron chi connectivity index (χ1n) is 7.76. The van der Waals surface area contributed by atoms with E-state index in [-0.39, 0.29) is 35.2 Å². The molecule has 4 N–H and O–H groups in total. The van der Waals surface area contributed by atoms with Gasteiger partial charge in [-0.15, -0.1) is 0 Å². The van der Waals surface area contributed by atoms with Gasteiger partial charge in [0.1, 0.15) is 5.52 Å². The number of H-pyrrole nitrogens is 2. The summed E-state index contributed by atoms with van der Waals surface area (Å²) in [6.45, 7) is 0.210. The normalized spacial score (nSPS) is 12.0. The van der Waals surface area contributed by atoms with Gasteiger partial charge < -0.3 is 15.7 Å². The molecule has 0 saturated carbocycles. The average molecular weight is 375 g/mol. The Hall–Kier alpha value is -3.63. The van der Waals surface area contributed by atoms with Crippen molar-refractivity contribution in [2.45, 2.75) is 12.7 Å². The van der Waals surface area contributed by atoms with Crippen molar-refractivity contribution in [2.75, 3.05) is 5.73 Å². The maximum Gasteiger partial charge on any atom is 0.434 e. The third-order valence-electron chi connectivity index (χ3n) is 3.91. The number of alkyl halides is 3. The molecule has 3 heterocycles. The molecule has 0 bridgehead atoms. The highest BCUT2D eigenvalue weighted by molar-refractivity contribution is 5.83. The third-order valence-corrected chi connectivity index (χ3v) is 3.91. The molecule has 0 aliphatic rings. The first-order valence-corrected chi connectivity index (χ1v) is 7.76.